The van der Waals surface area contributed by atoms with Crippen LogP contribution in [-0.4, -0.2) is 39.8 Å². The lowest BCUT2D eigenvalue weighted by Gasteiger charge is -2.20. The molecule has 1 N–H and O–H groups in total. The molecule has 0 saturated carbocycles. The average molecular weight is 494 g/mol. The van der Waals surface area contributed by atoms with E-state index >= 15 is 0 Å². The molecule has 4 aromatic rings. The van der Waals surface area contributed by atoms with Crippen LogP contribution in [0.25, 0.3) is 0 Å². The number of hydrogen-bond acceptors (Lipinski definition) is 6. The highest BCUT2D eigenvalue weighted by Crippen LogP contribution is 2.32. The minimum atomic E-state index is -0.667. The van der Waals surface area contributed by atoms with E-state index in [0.717, 1.165) is 5.56 Å². The van der Waals surface area contributed by atoms with Gasteiger partial charge in [-0.1, -0.05) is 66.7 Å². The average Bonchev–Trinajstić information content (AvgIpc) is 3.18. The minimum Gasteiger partial charge on any atom is -0.452 e. The molecule has 37 heavy (non-hydrogen) atoms. The molecule has 8 nitrogen and oxygen atoms in total. The van der Waals surface area contributed by atoms with Gasteiger partial charge in [-0.15, -0.1) is 0 Å². The molecule has 1 aliphatic carbocycles. The number of nitrogens with one attached hydrogen (secondary N) is 1. The topological polar surface area (TPSA) is 107 Å². The van der Waals surface area contributed by atoms with Gasteiger partial charge in [0.05, 0.1) is 29.2 Å². The van der Waals surface area contributed by atoms with Crippen molar-refractivity contribution in [2.75, 3.05) is 11.9 Å². The Bertz CT molecular complexity index is 1570. The number of fused-ring (bicyclic) bond motifs is 2. The number of benzene rings is 3. The van der Waals surface area contributed by atoms with Crippen LogP contribution in [-0.2, 0) is 16.1 Å². The fourth-order valence-corrected chi connectivity index (χ4v) is 4.54. The summed E-state index contributed by atoms with van der Waals surface area (Å²) in [6.45, 7) is 3.42. The number of anilines is 1. The molecule has 1 aromatic heterocycles. The lowest BCUT2D eigenvalue weighted by Crippen LogP contribution is -2.26. The Labute approximate surface area is 212 Å². The summed E-state index contributed by atoms with van der Waals surface area (Å²) in [5, 5.41) is 7.07. The number of amides is 1. The second-order valence-corrected chi connectivity index (χ2v) is 8.75. The first-order chi connectivity index (χ1) is 17.8. The molecule has 8 heteroatoms. The number of hydrogen-bond donors (Lipinski definition) is 1. The van der Waals surface area contributed by atoms with Gasteiger partial charge < -0.3 is 10.1 Å². The molecule has 0 spiro atoms. The number of carbonyl (C=O) groups is 4. The van der Waals surface area contributed by atoms with Gasteiger partial charge in [0.2, 0.25) is 0 Å². The van der Waals surface area contributed by atoms with Crippen molar-refractivity contribution < 1.29 is 23.9 Å². The molecule has 3 aromatic carbocycles. The first-order valence-corrected chi connectivity index (χ1v) is 11.7. The third-order valence-electron chi connectivity index (χ3n) is 6.32. The molecule has 184 valence electrons. The smallest absolute Gasteiger partial charge is 0.342 e. The van der Waals surface area contributed by atoms with Crippen LogP contribution in [0.15, 0.2) is 72.8 Å². The molecule has 0 atom stereocenters. The molecule has 1 aliphatic rings. The Morgan fingerprint density at radius 2 is 1.49 bits per heavy atom. The molecule has 0 bridgehead atoms. The highest BCUT2D eigenvalue weighted by molar-refractivity contribution is 6.30. The van der Waals surface area contributed by atoms with E-state index < -0.39 is 18.5 Å². The van der Waals surface area contributed by atoms with Gasteiger partial charge in [-0.2, -0.15) is 5.10 Å². The van der Waals surface area contributed by atoms with Crippen molar-refractivity contribution in [2.45, 2.75) is 20.4 Å². The molecule has 0 radical (unpaired) electrons. The zero-order valence-corrected chi connectivity index (χ0v) is 20.3. The van der Waals surface area contributed by atoms with Crippen LogP contribution >= 0.6 is 0 Å². The number of aryl methyl sites for hydroxylation is 1. The van der Waals surface area contributed by atoms with Crippen molar-refractivity contribution in [3.05, 3.63) is 118 Å². The van der Waals surface area contributed by atoms with Crippen LogP contribution in [0.1, 0.15) is 59.2 Å². The summed E-state index contributed by atoms with van der Waals surface area (Å²) in [7, 11) is 0. The van der Waals surface area contributed by atoms with Gasteiger partial charge in [0.1, 0.15) is 5.56 Å². The fourth-order valence-electron chi connectivity index (χ4n) is 4.54. The molecular weight excluding hydrogens is 470 g/mol. The first kappa shape index (κ1) is 23.9. The predicted octanol–water partition coefficient (Wildman–Crippen LogP) is 4.12. The van der Waals surface area contributed by atoms with Crippen molar-refractivity contribution in [1.29, 1.82) is 0 Å². The molecule has 1 heterocycles. The molecule has 5 rings (SSSR count). The predicted molar refractivity (Wildman–Crippen MR) is 136 cm³/mol. The van der Waals surface area contributed by atoms with Crippen LogP contribution in [0.3, 0.4) is 0 Å². The zero-order valence-electron chi connectivity index (χ0n) is 20.3. The molecular formula is C29H23N3O5. The SMILES string of the molecule is Cc1nn(Cc2ccccc2)c(C)c1C(=O)OCC(=O)Nc1cccc2c1C(=O)c1ccccc1C2=O. The summed E-state index contributed by atoms with van der Waals surface area (Å²) in [6, 6.07) is 21.0. The monoisotopic (exact) mass is 493 g/mol. The summed E-state index contributed by atoms with van der Waals surface area (Å²) in [4.78, 5) is 51.5. The Kier molecular flexibility index (Phi) is 6.23. The van der Waals surface area contributed by atoms with Gasteiger partial charge >= 0.3 is 5.97 Å². The maximum Gasteiger partial charge on any atom is 0.342 e. The highest BCUT2D eigenvalue weighted by atomic mass is 16.5. The minimum absolute atomic E-state index is 0.125. The number of ether oxygens (including phenoxy) is 1. The highest BCUT2D eigenvalue weighted by Gasteiger charge is 2.31. The maximum atomic E-state index is 13.1. The van der Waals surface area contributed by atoms with Crippen LogP contribution in [0.5, 0.6) is 0 Å². The van der Waals surface area contributed by atoms with Crippen LogP contribution in [0.4, 0.5) is 5.69 Å². The van der Waals surface area contributed by atoms with E-state index in [0.29, 0.717) is 29.1 Å². The molecule has 0 unspecified atom stereocenters. The van der Waals surface area contributed by atoms with Gasteiger partial charge in [-0.25, -0.2) is 4.79 Å². The summed E-state index contributed by atoms with van der Waals surface area (Å²) in [5.41, 5.74) is 3.62. The van der Waals surface area contributed by atoms with Crippen LogP contribution in [0, 0.1) is 13.8 Å². The number of esters is 1. The van der Waals surface area contributed by atoms with Gasteiger partial charge in [0.25, 0.3) is 5.91 Å². The standard InChI is InChI=1S/C29H23N3O5/c1-17-25(18(2)32(31-17)15-19-9-4-3-5-10-19)29(36)37-16-24(33)30-23-14-8-13-22-26(23)28(35)21-12-7-6-11-20(21)27(22)34/h3-14H,15-16H2,1-2H3,(H,30,33). The van der Waals surface area contributed by atoms with Gasteiger partial charge in [0, 0.05) is 16.7 Å². The number of aromatic nitrogens is 2. The third-order valence-corrected chi connectivity index (χ3v) is 6.32. The summed E-state index contributed by atoms with van der Waals surface area (Å²) in [6.07, 6.45) is 0. The Hall–Kier alpha value is -4.85. The second kappa shape index (κ2) is 9.66. The van der Waals surface area contributed by atoms with E-state index in [9.17, 15) is 19.2 Å². The van der Waals surface area contributed by atoms with E-state index in [1.807, 2.05) is 30.3 Å². The lowest BCUT2D eigenvalue weighted by molar-refractivity contribution is -0.119. The molecule has 0 saturated heterocycles. The molecule has 0 fully saturated rings. The van der Waals surface area contributed by atoms with Crippen molar-refractivity contribution >= 4 is 29.1 Å². The van der Waals surface area contributed by atoms with E-state index in [2.05, 4.69) is 10.4 Å². The van der Waals surface area contributed by atoms with Crippen molar-refractivity contribution in [3.8, 4) is 0 Å². The Morgan fingerprint density at radius 3 is 2.22 bits per heavy atom. The van der Waals surface area contributed by atoms with E-state index in [-0.39, 0.29) is 33.9 Å². The largest absolute Gasteiger partial charge is 0.452 e. The van der Waals surface area contributed by atoms with E-state index in [1.165, 1.54) is 0 Å². The van der Waals surface area contributed by atoms with Gasteiger partial charge in [-0.05, 0) is 25.5 Å². The normalized spacial score (nSPS) is 12.1. The summed E-state index contributed by atoms with van der Waals surface area (Å²) < 4.78 is 7.00. The lowest BCUT2D eigenvalue weighted by atomic mass is 9.83. The zero-order chi connectivity index (χ0) is 26.1. The van der Waals surface area contributed by atoms with Gasteiger partial charge in [0.15, 0.2) is 18.2 Å². The van der Waals surface area contributed by atoms with Gasteiger partial charge in [-0.3, -0.25) is 19.1 Å². The first-order valence-electron chi connectivity index (χ1n) is 11.7. The van der Waals surface area contributed by atoms with Crippen LogP contribution < -0.4 is 5.32 Å². The quantitative estimate of drug-likeness (QED) is 0.357. The van der Waals surface area contributed by atoms with E-state index in [1.54, 1.807) is 61.0 Å². The number of rotatable bonds is 6. The summed E-state index contributed by atoms with van der Waals surface area (Å²) in [5.74, 6) is -1.94. The maximum absolute atomic E-state index is 13.1. The molecule has 1 amide bonds. The Balaban J connectivity index is 1.29. The number of nitrogens with zero attached hydrogens (tertiary/aromatic N) is 2. The second-order valence-electron chi connectivity index (χ2n) is 8.75. The van der Waals surface area contributed by atoms with E-state index in [4.69, 9.17) is 4.74 Å². The summed E-state index contributed by atoms with van der Waals surface area (Å²) >= 11 is 0. The third kappa shape index (κ3) is 4.45. The van der Waals surface area contributed by atoms with Crippen molar-refractivity contribution in [3.63, 3.8) is 0 Å². The fraction of sp³-hybridized carbons (Fsp3) is 0.138. The molecule has 0 aliphatic heterocycles. The Morgan fingerprint density at radius 1 is 0.838 bits per heavy atom. The van der Waals surface area contributed by atoms with Crippen molar-refractivity contribution in [1.82, 2.24) is 9.78 Å². The van der Waals surface area contributed by atoms with Crippen molar-refractivity contribution in [2.24, 2.45) is 0 Å². The number of carbonyl (C=O) groups excluding carboxylic acids is 4. The number of ketones is 2. The van der Waals surface area contributed by atoms with Crippen LogP contribution in [0.2, 0.25) is 0 Å².